The van der Waals surface area contributed by atoms with E-state index < -0.39 is 0 Å². The zero-order chi connectivity index (χ0) is 10.2. The number of halogens is 1. The summed E-state index contributed by atoms with van der Waals surface area (Å²) in [5.41, 5.74) is 8.68. The third-order valence-electron chi connectivity index (χ3n) is 1.25. The van der Waals surface area contributed by atoms with Crippen LogP contribution in [0.25, 0.3) is 10.4 Å². The van der Waals surface area contributed by atoms with Crippen molar-refractivity contribution in [2.75, 3.05) is 6.54 Å². The Balaban J connectivity index is 2.51. The van der Waals surface area contributed by atoms with Gasteiger partial charge in [-0.3, -0.25) is 0 Å². The highest BCUT2D eigenvalue weighted by molar-refractivity contribution is 6.28. The average Bonchev–Trinajstić information content (AvgIpc) is 2.21. The van der Waals surface area contributed by atoms with Crippen LogP contribution in [0.2, 0.25) is 5.28 Å². The fraction of sp³-hybridized carbons (Fsp3) is 0.250. The lowest BCUT2D eigenvalue weighted by Gasteiger charge is -1.87. The van der Waals surface area contributed by atoms with Crippen molar-refractivity contribution in [2.45, 2.75) is 6.42 Å². The molecule has 0 unspecified atom stereocenters. The molecule has 0 bridgehead atoms. The van der Waals surface area contributed by atoms with Crippen LogP contribution in [0, 0.1) is 11.8 Å². The largest absolute Gasteiger partial charge is 0.225 e. The molecule has 0 saturated carbocycles. The molecular formula is C8H6ClN5. The number of nitrogens with zero attached hydrogens (tertiary/aromatic N) is 5. The first-order valence-corrected chi connectivity index (χ1v) is 4.18. The van der Waals surface area contributed by atoms with Gasteiger partial charge in [0.05, 0.1) is 5.56 Å². The van der Waals surface area contributed by atoms with Crippen LogP contribution in [0.4, 0.5) is 0 Å². The third-order valence-corrected chi connectivity index (χ3v) is 1.45. The summed E-state index contributed by atoms with van der Waals surface area (Å²) >= 11 is 5.49. The highest BCUT2D eigenvalue weighted by Crippen LogP contribution is 1.98. The van der Waals surface area contributed by atoms with Crippen molar-refractivity contribution in [3.8, 4) is 11.8 Å². The van der Waals surface area contributed by atoms with Crippen molar-refractivity contribution in [1.29, 1.82) is 0 Å². The van der Waals surface area contributed by atoms with Crippen LogP contribution in [0.5, 0.6) is 0 Å². The molecule has 0 fully saturated rings. The molecule has 1 rings (SSSR count). The molecule has 0 aliphatic heterocycles. The molecule has 1 aromatic heterocycles. The van der Waals surface area contributed by atoms with Crippen molar-refractivity contribution in [3.63, 3.8) is 0 Å². The van der Waals surface area contributed by atoms with E-state index in [1.807, 2.05) is 0 Å². The van der Waals surface area contributed by atoms with E-state index >= 15 is 0 Å². The first-order chi connectivity index (χ1) is 6.83. The van der Waals surface area contributed by atoms with Gasteiger partial charge in [0.2, 0.25) is 5.28 Å². The number of rotatable bonds is 2. The van der Waals surface area contributed by atoms with Gasteiger partial charge in [0.1, 0.15) is 0 Å². The van der Waals surface area contributed by atoms with Gasteiger partial charge in [0.15, 0.2) is 0 Å². The van der Waals surface area contributed by atoms with E-state index in [4.69, 9.17) is 17.1 Å². The normalized spacial score (nSPS) is 8.36. The Bertz CT molecular complexity index is 396. The minimum Gasteiger partial charge on any atom is -0.225 e. The summed E-state index contributed by atoms with van der Waals surface area (Å²) in [6.07, 6.45) is 3.60. The first kappa shape index (κ1) is 10.3. The van der Waals surface area contributed by atoms with E-state index in [1.54, 1.807) is 0 Å². The van der Waals surface area contributed by atoms with Crippen molar-refractivity contribution >= 4 is 11.6 Å². The Morgan fingerprint density at radius 3 is 2.86 bits per heavy atom. The third kappa shape index (κ3) is 3.76. The summed E-state index contributed by atoms with van der Waals surface area (Å²) in [4.78, 5) is 10.1. The van der Waals surface area contributed by atoms with Crippen molar-refractivity contribution < 1.29 is 0 Å². The summed E-state index contributed by atoms with van der Waals surface area (Å²) in [5.74, 6) is 5.63. The maximum atomic E-state index is 7.99. The fourth-order valence-corrected chi connectivity index (χ4v) is 0.790. The molecule has 1 heterocycles. The van der Waals surface area contributed by atoms with E-state index in [-0.39, 0.29) is 5.28 Å². The predicted molar refractivity (Wildman–Crippen MR) is 52.6 cm³/mol. The van der Waals surface area contributed by atoms with E-state index in [1.165, 1.54) is 12.4 Å². The second-order valence-corrected chi connectivity index (χ2v) is 2.59. The Hall–Kier alpha value is -1.76. The van der Waals surface area contributed by atoms with Crippen molar-refractivity contribution in [1.82, 2.24) is 9.97 Å². The van der Waals surface area contributed by atoms with Gasteiger partial charge in [-0.2, -0.15) is 0 Å². The minimum absolute atomic E-state index is 0.199. The van der Waals surface area contributed by atoms with Crippen molar-refractivity contribution in [3.05, 3.63) is 33.7 Å². The van der Waals surface area contributed by atoms with Crippen LogP contribution in [0.1, 0.15) is 12.0 Å². The summed E-state index contributed by atoms with van der Waals surface area (Å²) in [5, 5.41) is 3.54. The quantitative estimate of drug-likeness (QED) is 0.186. The standard InChI is InChI=1S/C8H6ClN5/c9-8-11-5-7(6-12-8)3-1-2-4-13-14-10/h5-6H,2,4H2. The predicted octanol–water partition coefficient (Wildman–Crippen LogP) is 2.18. The molecule has 0 aliphatic carbocycles. The van der Waals surface area contributed by atoms with E-state index in [9.17, 15) is 0 Å². The van der Waals surface area contributed by atoms with Gasteiger partial charge in [-0.05, 0) is 17.1 Å². The molecule has 0 aliphatic rings. The smallest absolute Gasteiger partial charge is 0.222 e. The Morgan fingerprint density at radius 1 is 1.50 bits per heavy atom. The average molecular weight is 208 g/mol. The molecular weight excluding hydrogens is 202 g/mol. The van der Waals surface area contributed by atoms with Gasteiger partial charge < -0.3 is 0 Å². The molecule has 0 amide bonds. The fourth-order valence-electron chi connectivity index (χ4n) is 0.692. The lowest BCUT2D eigenvalue weighted by molar-refractivity contribution is 1.01. The summed E-state index contributed by atoms with van der Waals surface area (Å²) in [7, 11) is 0. The zero-order valence-corrected chi connectivity index (χ0v) is 7.94. The molecule has 70 valence electrons. The van der Waals surface area contributed by atoms with Gasteiger partial charge in [0, 0.05) is 30.3 Å². The zero-order valence-electron chi connectivity index (χ0n) is 7.18. The number of hydrogen-bond acceptors (Lipinski definition) is 3. The lowest BCUT2D eigenvalue weighted by atomic mass is 10.3. The van der Waals surface area contributed by atoms with Gasteiger partial charge in [0.25, 0.3) is 0 Å². The summed E-state index contributed by atoms with van der Waals surface area (Å²) in [6.45, 7) is 0.373. The Kier molecular flexibility index (Phi) is 4.29. The molecule has 14 heavy (non-hydrogen) atoms. The van der Waals surface area contributed by atoms with Crippen LogP contribution >= 0.6 is 11.6 Å². The van der Waals surface area contributed by atoms with E-state index in [0.29, 0.717) is 18.5 Å². The van der Waals surface area contributed by atoms with E-state index in [2.05, 4.69) is 31.8 Å². The highest BCUT2D eigenvalue weighted by Gasteiger charge is 1.89. The molecule has 6 heteroatoms. The lowest BCUT2D eigenvalue weighted by Crippen LogP contribution is -1.83. The van der Waals surface area contributed by atoms with Crippen LogP contribution in [-0.2, 0) is 0 Å². The Labute approximate surface area is 85.8 Å². The van der Waals surface area contributed by atoms with Gasteiger partial charge in [-0.25, -0.2) is 9.97 Å². The summed E-state index contributed by atoms with van der Waals surface area (Å²) < 4.78 is 0. The molecule has 1 aromatic rings. The molecule has 0 atom stereocenters. The monoisotopic (exact) mass is 207 g/mol. The minimum atomic E-state index is 0.199. The number of hydrogen-bond donors (Lipinski definition) is 0. The van der Waals surface area contributed by atoms with Gasteiger partial charge in [-0.15, -0.1) is 0 Å². The molecule has 0 radical (unpaired) electrons. The van der Waals surface area contributed by atoms with E-state index in [0.717, 1.165) is 0 Å². The summed E-state index contributed by atoms with van der Waals surface area (Å²) in [6, 6.07) is 0. The SMILES string of the molecule is [N-]=[N+]=NCCC#Cc1cnc(Cl)nc1. The highest BCUT2D eigenvalue weighted by atomic mass is 35.5. The molecule has 5 nitrogen and oxygen atoms in total. The number of aromatic nitrogens is 2. The molecule has 0 aromatic carbocycles. The topological polar surface area (TPSA) is 74.5 Å². The first-order valence-electron chi connectivity index (χ1n) is 3.80. The Morgan fingerprint density at radius 2 is 2.21 bits per heavy atom. The van der Waals surface area contributed by atoms with Crippen LogP contribution in [0.15, 0.2) is 17.5 Å². The maximum absolute atomic E-state index is 7.99. The molecule has 0 spiro atoms. The van der Waals surface area contributed by atoms with Gasteiger partial charge in [-0.1, -0.05) is 17.0 Å². The second kappa shape index (κ2) is 5.81. The van der Waals surface area contributed by atoms with Crippen molar-refractivity contribution in [2.24, 2.45) is 5.11 Å². The second-order valence-electron chi connectivity index (χ2n) is 2.25. The van der Waals surface area contributed by atoms with Crippen LogP contribution in [-0.4, -0.2) is 16.5 Å². The molecule has 0 N–H and O–H groups in total. The number of azide groups is 1. The van der Waals surface area contributed by atoms with Crippen LogP contribution < -0.4 is 0 Å². The maximum Gasteiger partial charge on any atom is 0.222 e. The molecule has 0 saturated heterocycles. The van der Waals surface area contributed by atoms with Crippen LogP contribution in [0.3, 0.4) is 0 Å². The van der Waals surface area contributed by atoms with Gasteiger partial charge >= 0.3 is 0 Å².